The summed E-state index contributed by atoms with van der Waals surface area (Å²) < 4.78 is 0.882. The van der Waals surface area contributed by atoms with Gasteiger partial charge in [0.1, 0.15) is 12.2 Å². The smallest absolute Gasteiger partial charge is 0.163 e. The van der Waals surface area contributed by atoms with Crippen LogP contribution in [0.1, 0.15) is 5.56 Å². The van der Waals surface area contributed by atoms with Crippen LogP contribution in [0.3, 0.4) is 0 Å². The minimum Gasteiger partial charge on any atom is -0.293 e. The van der Waals surface area contributed by atoms with Gasteiger partial charge in [0.15, 0.2) is 6.67 Å². The Morgan fingerprint density at radius 1 is 0.739 bits per heavy atom. The highest BCUT2D eigenvalue weighted by Crippen LogP contribution is 2.38. The lowest BCUT2D eigenvalue weighted by Gasteiger charge is -2.44. The number of rotatable bonds is 2. The number of quaternary nitrogens is 1. The van der Waals surface area contributed by atoms with Crippen LogP contribution in [0.2, 0.25) is 0 Å². The summed E-state index contributed by atoms with van der Waals surface area (Å²) in [6, 6.07) is 30.3. The lowest BCUT2D eigenvalue weighted by Crippen LogP contribution is -2.54. The first-order valence-corrected chi connectivity index (χ1v) is 8.07. The SMILES string of the molecule is C[N+]1(c2ccccc2)Cc2ccccc2N(c2ccccc2)C1. The fourth-order valence-corrected chi connectivity index (χ4v) is 3.51. The van der Waals surface area contributed by atoms with Crippen molar-refractivity contribution in [3.63, 3.8) is 0 Å². The highest BCUT2D eigenvalue weighted by molar-refractivity contribution is 5.69. The summed E-state index contributed by atoms with van der Waals surface area (Å²) in [6.45, 7) is 1.95. The molecule has 0 aromatic heterocycles. The molecule has 3 aromatic rings. The Kier molecular flexibility index (Phi) is 3.40. The van der Waals surface area contributed by atoms with Crippen molar-refractivity contribution in [3.05, 3.63) is 90.5 Å². The van der Waals surface area contributed by atoms with Crippen molar-refractivity contribution in [1.29, 1.82) is 0 Å². The highest BCUT2D eigenvalue weighted by atomic mass is 15.5. The average molecular weight is 301 g/mol. The maximum absolute atomic E-state index is 2.44. The summed E-state index contributed by atoms with van der Waals surface area (Å²) in [5.74, 6) is 0. The van der Waals surface area contributed by atoms with Gasteiger partial charge >= 0.3 is 0 Å². The topological polar surface area (TPSA) is 3.24 Å². The number of nitrogens with zero attached hydrogens (tertiary/aromatic N) is 2. The van der Waals surface area contributed by atoms with Crippen molar-refractivity contribution >= 4 is 17.1 Å². The van der Waals surface area contributed by atoms with Gasteiger partial charge in [-0.05, 0) is 30.3 Å². The van der Waals surface area contributed by atoms with Crippen molar-refractivity contribution in [3.8, 4) is 0 Å². The van der Waals surface area contributed by atoms with Crippen molar-refractivity contribution in [1.82, 2.24) is 4.48 Å². The Labute approximate surface area is 137 Å². The van der Waals surface area contributed by atoms with Crippen LogP contribution in [0.25, 0.3) is 0 Å². The van der Waals surface area contributed by atoms with E-state index in [0.29, 0.717) is 0 Å². The Bertz CT molecular complexity index is 798. The van der Waals surface area contributed by atoms with Crippen molar-refractivity contribution in [2.24, 2.45) is 0 Å². The van der Waals surface area contributed by atoms with Crippen LogP contribution >= 0.6 is 0 Å². The fourth-order valence-electron chi connectivity index (χ4n) is 3.51. The van der Waals surface area contributed by atoms with Gasteiger partial charge in [-0.1, -0.05) is 54.6 Å². The van der Waals surface area contributed by atoms with Crippen LogP contribution in [0.4, 0.5) is 17.1 Å². The second kappa shape index (κ2) is 5.56. The predicted molar refractivity (Wildman–Crippen MR) is 97.8 cm³/mol. The van der Waals surface area contributed by atoms with E-state index < -0.39 is 0 Å². The molecule has 4 rings (SSSR count). The molecular formula is C21H21N2+. The molecule has 0 aliphatic carbocycles. The van der Waals surface area contributed by atoms with Crippen LogP contribution in [0.5, 0.6) is 0 Å². The van der Waals surface area contributed by atoms with Gasteiger partial charge in [0.05, 0.1) is 12.7 Å². The van der Waals surface area contributed by atoms with E-state index >= 15 is 0 Å². The Balaban J connectivity index is 1.83. The molecule has 1 aliphatic rings. The van der Waals surface area contributed by atoms with E-state index in [1.807, 2.05) is 0 Å². The molecule has 0 N–H and O–H groups in total. The third-order valence-corrected chi connectivity index (χ3v) is 4.70. The maximum atomic E-state index is 2.44. The Hall–Kier alpha value is -2.58. The first-order valence-electron chi connectivity index (χ1n) is 8.07. The summed E-state index contributed by atoms with van der Waals surface area (Å²) >= 11 is 0. The minimum absolute atomic E-state index is 0.882. The van der Waals surface area contributed by atoms with Gasteiger partial charge in [0.25, 0.3) is 0 Å². The summed E-state index contributed by atoms with van der Waals surface area (Å²) in [5.41, 5.74) is 5.32. The zero-order valence-corrected chi connectivity index (χ0v) is 13.4. The Morgan fingerprint density at radius 2 is 1.35 bits per heavy atom. The molecule has 0 fully saturated rings. The van der Waals surface area contributed by atoms with Crippen molar-refractivity contribution in [2.75, 3.05) is 18.6 Å². The van der Waals surface area contributed by atoms with Gasteiger partial charge in [-0.2, -0.15) is 0 Å². The molecule has 1 aliphatic heterocycles. The van der Waals surface area contributed by atoms with Gasteiger partial charge in [-0.25, -0.2) is 0 Å². The number of benzene rings is 3. The number of anilines is 2. The first-order chi connectivity index (χ1) is 11.3. The van der Waals surface area contributed by atoms with Crippen LogP contribution < -0.4 is 9.38 Å². The maximum Gasteiger partial charge on any atom is 0.163 e. The van der Waals surface area contributed by atoms with Gasteiger partial charge in [-0.15, -0.1) is 0 Å². The van der Waals surface area contributed by atoms with Crippen LogP contribution in [-0.4, -0.2) is 13.7 Å². The number of hydrogen-bond acceptors (Lipinski definition) is 1. The molecule has 0 amide bonds. The molecule has 23 heavy (non-hydrogen) atoms. The second-order valence-corrected chi connectivity index (χ2v) is 6.42. The molecular weight excluding hydrogens is 280 g/mol. The van der Waals surface area contributed by atoms with E-state index in [0.717, 1.165) is 17.7 Å². The molecule has 2 nitrogen and oxygen atoms in total. The molecule has 1 heterocycles. The molecule has 0 bridgehead atoms. The average Bonchev–Trinajstić information content (AvgIpc) is 2.62. The van der Waals surface area contributed by atoms with Gasteiger partial charge in [0, 0.05) is 11.3 Å². The Morgan fingerprint density at radius 3 is 2.09 bits per heavy atom. The molecule has 0 radical (unpaired) electrons. The lowest BCUT2D eigenvalue weighted by atomic mass is 10.1. The van der Waals surface area contributed by atoms with Gasteiger partial charge < -0.3 is 0 Å². The third-order valence-electron chi connectivity index (χ3n) is 4.70. The monoisotopic (exact) mass is 301 g/mol. The summed E-state index contributed by atoms with van der Waals surface area (Å²) in [5, 5.41) is 0. The normalized spacial score (nSPS) is 20.1. The zero-order chi connectivity index (χ0) is 15.7. The van der Waals surface area contributed by atoms with E-state index in [2.05, 4.69) is 96.9 Å². The molecule has 2 heteroatoms. The number of fused-ring (bicyclic) bond motifs is 1. The number of para-hydroxylation sites is 3. The van der Waals surface area contributed by atoms with Gasteiger partial charge in [-0.3, -0.25) is 9.38 Å². The highest BCUT2D eigenvalue weighted by Gasteiger charge is 2.35. The quantitative estimate of drug-likeness (QED) is 0.606. The van der Waals surface area contributed by atoms with Crippen LogP contribution in [0.15, 0.2) is 84.9 Å². The second-order valence-electron chi connectivity index (χ2n) is 6.42. The molecule has 1 unspecified atom stereocenters. The largest absolute Gasteiger partial charge is 0.293 e. The molecule has 114 valence electrons. The van der Waals surface area contributed by atoms with E-state index in [1.54, 1.807) is 0 Å². The number of hydrogen-bond donors (Lipinski definition) is 0. The van der Waals surface area contributed by atoms with Gasteiger partial charge in [0.2, 0.25) is 0 Å². The fraction of sp³-hybridized carbons (Fsp3) is 0.143. The third kappa shape index (κ3) is 2.51. The molecule has 0 saturated heterocycles. The van der Waals surface area contributed by atoms with E-state index in [9.17, 15) is 0 Å². The van der Waals surface area contributed by atoms with E-state index in [1.165, 1.54) is 22.6 Å². The first kappa shape index (κ1) is 14.0. The van der Waals surface area contributed by atoms with E-state index in [4.69, 9.17) is 0 Å². The molecule has 0 spiro atoms. The molecule has 3 aromatic carbocycles. The minimum atomic E-state index is 0.882. The van der Waals surface area contributed by atoms with Crippen molar-refractivity contribution < 1.29 is 0 Å². The predicted octanol–water partition coefficient (Wildman–Crippen LogP) is 4.93. The van der Waals surface area contributed by atoms with Crippen molar-refractivity contribution in [2.45, 2.75) is 6.54 Å². The summed E-state index contributed by atoms with van der Waals surface area (Å²) in [7, 11) is 2.32. The summed E-state index contributed by atoms with van der Waals surface area (Å²) in [4.78, 5) is 2.44. The molecule has 0 saturated carbocycles. The summed E-state index contributed by atoms with van der Waals surface area (Å²) in [6.07, 6.45) is 0. The lowest BCUT2D eigenvalue weighted by molar-refractivity contribution is 0.316. The molecule has 1 atom stereocenters. The zero-order valence-electron chi connectivity index (χ0n) is 13.4. The standard InChI is InChI=1S/C21H21N2/c1-23(20-13-6-3-7-14-20)16-18-10-8-9-15-21(18)22(17-23)19-11-4-2-5-12-19/h2-15H,16-17H2,1H3/q+1. The van der Waals surface area contributed by atoms with Crippen LogP contribution in [0, 0.1) is 0 Å². The van der Waals surface area contributed by atoms with Crippen LogP contribution in [-0.2, 0) is 6.54 Å². The van der Waals surface area contributed by atoms with E-state index in [-0.39, 0.29) is 0 Å².